The minimum atomic E-state index is 0.0576. The number of hydrogen-bond acceptors (Lipinski definition) is 3. The number of rotatable bonds is 8. The molecule has 0 unspecified atom stereocenters. The minimum Gasteiger partial charge on any atom is -0.378 e. The molecule has 1 atom stereocenters. The molecule has 1 aliphatic heterocycles. The van der Waals surface area contributed by atoms with Crippen molar-refractivity contribution in [3.05, 3.63) is 71.3 Å². The molecule has 1 saturated heterocycles. The fourth-order valence-corrected chi connectivity index (χ4v) is 2.90. The van der Waals surface area contributed by atoms with Gasteiger partial charge < -0.3 is 14.8 Å². The normalized spacial score (nSPS) is 16.7. The summed E-state index contributed by atoms with van der Waals surface area (Å²) >= 11 is 0. The van der Waals surface area contributed by atoms with E-state index >= 15 is 0 Å². The van der Waals surface area contributed by atoms with Gasteiger partial charge in [-0.05, 0) is 29.5 Å². The molecule has 0 aromatic heterocycles. The summed E-state index contributed by atoms with van der Waals surface area (Å²) in [6, 6.07) is 18.3. The predicted molar refractivity (Wildman–Crippen MR) is 96.8 cm³/mol. The van der Waals surface area contributed by atoms with Crippen LogP contribution in [0.4, 0.5) is 0 Å². The number of amides is 1. The fraction of sp³-hybridized carbons (Fsp3) is 0.381. The van der Waals surface area contributed by atoms with Gasteiger partial charge in [-0.3, -0.25) is 4.79 Å². The number of hydrogen-bond donors (Lipinski definition) is 1. The van der Waals surface area contributed by atoms with Crippen molar-refractivity contribution < 1.29 is 14.3 Å². The van der Waals surface area contributed by atoms with Crippen LogP contribution >= 0.6 is 0 Å². The number of ether oxygens (including phenoxy) is 2. The smallest absolute Gasteiger partial charge is 0.222 e. The van der Waals surface area contributed by atoms with Crippen molar-refractivity contribution >= 4 is 5.91 Å². The van der Waals surface area contributed by atoms with Gasteiger partial charge in [0.25, 0.3) is 0 Å². The largest absolute Gasteiger partial charge is 0.378 e. The van der Waals surface area contributed by atoms with Gasteiger partial charge in [0.15, 0.2) is 0 Å². The average Bonchev–Trinajstić information content (AvgIpc) is 3.15. The van der Waals surface area contributed by atoms with Crippen LogP contribution in [0, 0.1) is 0 Å². The van der Waals surface area contributed by atoms with Gasteiger partial charge in [-0.2, -0.15) is 0 Å². The van der Waals surface area contributed by atoms with Crippen LogP contribution in [0.1, 0.15) is 36.0 Å². The van der Waals surface area contributed by atoms with Gasteiger partial charge in [0.2, 0.25) is 5.91 Å². The van der Waals surface area contributed by atoms with Crippen LogP contribution in [0.2, 0.25) is 0 Å². The van der Waals surface area contributed by atoms with E-state index in [-0.39, 0.29) is 12.0 Å². The highest BCUT2D eigenvalue weighted by Gasteiger charge is 2.18. The van der Waals surface area contributed by atoms with Crippen LogP contribution < -0.4 is 5.32 Å². The molecule has 1 amide bonds. The molecule has 132 valence electrons. The van der Waals surface area contributed by atoms with E-state index in [1.165, 1.54) is 5.56 Å². The van der Waals surface area contributed by atoms with Gasteiger partial charge in [-0.15, -0.1) is 0 Å². The summed E-state index contributed by atoms with van der Waals surface area (Å²) < 4.78 is 11.2. The van der Waals surface area contributed by atoms with Crippen LogP contribution in [-0.2, 0) is 34.0 Å². The van der Waals surface area contributed by atoms with Crippen molar-refractivity contribution in [1.29, 1.82) is 0 Å². The third-order valence-corrected chi connectivity index (χ3v) is 4.33. The summed E-state index contributed by atoms with van der Waals surface area (Å²) in [6.07, 6.45) is 2.62. The topological polar surface area (TPSA) is 47.6 Å². The maximum absolute atomic E-state index is 11.9. The summed E-state index contributed by atoms with van der Waals surface area (Å²) in [4.78, 5) is 11.9. The number of nitrogens with one attached hydrogen (secondary N) is 1. The Morgan fingerprint density at radius 2 is 1.68 bits per heavy atom. The van der Waals surface area contributed by atoms with Crippen molar-refractivity contribution in [2.75, 3.05) is 6.61 Å². The molecule has 0 saturated carbocycles. The standard InChI is InChI=1S/C21H25NO3/c23-21(13-20-7-4-12-25-20)22-14-17-8-10-19(11-9-17)16-24-15-18-5-2-1-3-6-18/h1-3,5-6,8-11,20H,4,7,12-16H2,(H,22,23)/t20-/m0/s1. The van der Waals surface area contributed by atoms with E-state index in [2.05, 4.69) is 17.4 Å². The van der Waals surface area contributed by atoms with Crippen LogP contribution in [0.5, 0.6) is 0 Å². The van der Waals surface area contributed by atoms with Gasteiger partial charge >= 0.3 is 0 Å². The minimum absolute atomic E-state index is 0.0576. The van der Waals surface area contributed by atoms with E-state index in [9.17, 15) is 4.79 Å². The van der Waals surface area contributed by atoms with Crippen molar-refractivity contribution in [1.82, 2.24) is 5.32 Å². The Kier molecular flexibility index (Phi) is 6.60. The second kappa shape index (κ2) is 9.35. The zero-order valence-electron chi connectivity index (χ0n) is 14.4. The monoisotopic (exact) mass is 339 g/mol. The molecule has 4 heteroatoms. The zero-order valence-corrected chi connectivity index (χ0v) is 14.4. The van der Waals surface area contributed by atoms with Crippen LogP contribution in [0.15, 0.2) is 54.6 Å². The molecular formula is C21H25NO3. The Morgan fingerprint density at radius 3 is 2.36 bits per heavy atom. The van der Waals surface area contributed by atoms with Gasteiger partial charge in [-0.25, -0.2) is 0 Å². The van der Waals surface area contributed by atoms with E-state index in [4.69, 9.17) is 9.47 Å². The molecule has 25 heavy (non-hydrogen) atoms. The zero-order chi connectivity index (χ0) is 17.3. The molecule has 1 fully saturated rings. The van der Waals surface area contributed by atoms with Gasteiger partial charge in [0.1, 0.15) is 0 Å². The first-order valence-electron chi connectivity index (χ1n) is 8.87. The van der Waals surface area contributed by atoms with Crippen molar-refractivity contribution in [3.63, 3.8) is 0 Å². The lowest BCUT2D eigenvalue weighted by Crippen LogP contribution is -2.26. The van der Waals surface area contributed by atoms with Crippen molar-refractivity contribution in [3.8, 4) is 0 Å². The lowest BCUT2D eigenvalue weighted by Gasteiger charge is -2.10. The first-order valence-corrected chi connectivity index (χ1v) is 8.87. The summed E-state index contributed by atoms with van der Waals surface area (Å²) in [7, 11) is 0. The molecule has 0 bridgehead atoms. The lowest BCUT2D eigenvalue weighted by atomic mass is 10.1. The Bertz CT molecular complexity index is 649. The molecular weight excluding hydrogens is 314 g/mol. The fourth-order valence-electron chi connectivity index (χ4n) is 2.90. The predicted octanol–water partition coefficient (Wildman–Crippen LogP) is 3.59. The lowest BCUT2D eigenvalue weighted by molar-refractivity contribution is -0.123. The van der Waals surface area contributed by atoms with E-state index in [1.54, 1.807) is 0 Å². The van der Waals surface area contributed by atoms with E-state index in [0.29, 0.717) is 26.2 Å². The van der Waals surface area contributed by atoms with Gasteiger partial charge in [0, 0.05) is 13.2 Å². The maximum Gasteiger partial charge on any atom is 0.222 e. The van der Waals surface area contributed by atoms with Crippen LogP contribution in [0.3, 0.4) is 0 Å². The summed E-state index contributed by atoms with van der Waals surface area (Å²) in [5, 5.41) is 2.96. The van der Waals surface area contributed by atoms with Crippen molar-refractivity contribution in [2.45, 2.75) is 45.1 Å². The Labute approximate surface area is 149 Å². The average molecular weight is 339 g/mol. The van der Waals surface area contributed by atoms with Crippen LogP contribution in [-0.4, -0.2) is 18.6 Å². The summed E-state index contributed by atoms with van der Waals surface area (Å²) in [6.45, 7) is 2.53. The molecule has 0 radical (unpaired) electrons. The summed E-state index contributed by atoms with van der Waals surface area (Å²) in [5.74, 6) is 0.0576. The van der Waals surface area contributed by atoms with Crippen molar-refractivity contribution in [2.24, 2.45) is 0 Å². The first-order chi connectivity index (χ1) is 12.3. The molecule has 2 aromatic rings. The Balaban J connectivity index is 1.37. The van der Waals surface area contributed by atoms with E-state index in [0.717, 1.165) is 30.6 Å². The van der Waals surface area contributed by atoms with E-state index < -0.39 is 0 Å². The second-order valence-electron chi connectivity index (χ2n) is 6.41. The number of carbonyl (C=O) groups is 1. The molecule has 1 heterocycles. The third-order valence-electron chi connectivity index (χ3n) is 4.33. The highest BCUT2D eigenvalue weighted by Crippen LogP contribution is 2.15. The molecule has 1 N–H and O–H groups in total. The number of carbonyl (C=O) groups excluding carboxylic acids is 1. The quantitative estimate of drug-likeness (QED) is 0.799. The third kappa shape index (κ3) is 6.00. The highest BCUT2D eigenvalue weighted by molar-refractivity contribution is 5.76. The van der Waals surface area contributed by atoms with E-state index in [1.807, 2.05) is 42.5 Å². The number of benzene rings is 2. The maximum atomic E-state index is 11.9. The molecule has 1 aliphatic rings. The highest BCUT2D eigenvalue weighted by atomic mass is 16.5. The molecule has 2 aromatic carbocycles. The molecule has 3 rings (SSSR count). The van der Waals surface area contributed by atoms with Gasteiger partial charge in [0.05, 0.1) is 25.7 Å². The SMILES string of the molecule is O=C(C[C@@H]1CCCO1)NCc1ccc(COCc2ccccc2)cc1. The molecule has 0 spiro atoms. The molecule has 4 nitrogen and oxygen atoms in total. The van der Waals surface area contributed by atoms with Gasteiger partial charge in [-0.1, -0.05) is 54.6 Å². The Hall–Kier alpha value is -2.17. The summed E-state index contributed by atoms with van der Waals surface area (Å²) in [5.41, 5.74) is 3.39. The Morgan fingerprint density at radius 1 is 1.00 bits per heavy atom. The first kappa shape index (κ1) is 17.6. The second-order valence-corrected chi connectivity index (χ2v) is 6.41. The van der Waals surface area contributed by atoms with Crippen LogP contribution in [0.25, 0.3) is 0 Å². The molecule has 0 aliphatic carbocycles.